The second-order valence-electron chi connectivity index (χ2n) is 19.5. The van der Waals surface area contributed by atoms with Crippen molar-refractivity contribution in [3.63, 3.8) is 0 Å². The number of carbonyl (C=O) groups excluding carboxylic acids is 6. The number of halogens is 12. The van der Waals surface area contributed by atoms with Crippen LogP contribution < -0.4 is 0 Å². The molecule has 432 valence electrons. The Morgan fingerprint density at radius 3 is 1.01 bits per heavy atom. The monoisotopic (exact) mass is 1100 g/mol. The van der Waals surface area contributed by atoms with Crippen LogP contribution in [-0.4, -0.2) is 97.1 Å². The molecule has 2 fully saturated rings. The smallest absolute Gasteiger partial charge is 0.434 e. The van der Waals surface area contributed by atoms with Gasteiger partial charge in [0, 0.05) is 11.1 Å². The van der Waals surface area contributed by atoms with E-state index in [0.717, 1.165) is 44.9 Å². The summed E-state index contributed by atoms with van der Waals surface area (Å²) >= 11 is 0. The number of carbonyl (C=O) groups is 6. The normalized spacial score (nSPS) is 16.4. The summed E-state index contributed by atoms with van der Waals surface area (Å²) in [6.45, 7) is 21.7. The van der Waals surface area contributed by atoms with E-state index in [1.54, 1.807) is 13.8 Å². The Morgan fingerprint density at radius 1 is 0.446 bits per heavy atom. The first-order valence-corrected chi connectivity index (χ1v) is 24.4. The Bertz CT molecular complexity index is 1760. The van der Waals surface area contributed by atoms with Crippen LogP contribution in [0.2, 0.25) is 0 Å². The van der Waals surface area contributed by atoms with Crippen LogP contribution in [0.1, 0.15) is 185 Å². The zero-order valence-electron chi connectivity index (χ0n) is 44.1. The van der Waals surface area contributed by atoms with Gasteiger partial charge in [-0.2, -0.15) is 52.7 Å². The molecule has 2 rings (SSSR count). The van der Waals surface area contributed by atoms with Crippen molar-refractivity contribution < 1.29 is 110 Å². The highest BCUT2D eigenvalue weighted by Crippen LogP contribution is 2.39. The second kappa shape index (κ2) is 31.5. The zero-order valence-corrected chi connectivity index (χ0v) is 44.1. The van der Waals surface area contributed by atoms with E-state index in [-0.39, 0.29) is 34.1 Å². The standard InChI is InChI=1S/C16H30O2.C14H24O2.C11H14F6O4.C9H8F6O4/c1-5-15(3,4)14(17)18-16(6-2)12-10-8-7-9-11-13-16;1-4-14(16-13(15)12(2)3)10-8-6-5-7-9-11-14;1-4-9(2,3)8(19)20-5-6(18)21-7(10(12,13)14)11(15,16)17;1-4(2)6(17)18-3-5(16)19-7(8(10,11)12)9(13,14)15/h5-13H2,1-4H3;2,4-11H2,1,3H3;7H,4-5H2,1-3H3;7H,1,3H2,2H3. The summed E-state index contributed by atoms with van der Waals surface area (Å²) in [6, 6.07) is 0. The molecule has 0 unspecified atom stereocenters. The summed E-state index contributed by atoms with van der Waals surface area (Å²) in [5, 5.41) is 0. The van der Waals surface area contributed by atoms with Gasteiger partial charge in [0.25, 0.3) is 12.2 Å². The molecule has 0 atom stereocenters. The molecular weight excluding hydrogens is 1020 g/mol. The molecule has 74 heavy (non-hydrogen) atoms. The van der Waals surface area contributed by atoms with Gasteiger partial charge in [0.15, 0.2) is 13.2 Å². The molecular formula is C50H76F12O12. The summed E-state index contributed by atoms with van der Waals surface area (Å²) in [7, 11) is 0. The fraction of sp³-hybridized carbons (Fsp3) is 0.800. The molecule has 0 bridgehead atoms. The summed E-state index contributed by atoms with van der Waals surface area (Å²) in [5.74, 6) is -6.22. The van der Waals surface area contributed by atoms with Crippen molar-refractivity contribution in [2.45, 2.75) is 233 Å². The molecule has 2 saturated carbocycles. The molecule has 0 aromatic heterocycles. The molecule has 0 aliphatic heterocycles. The molecule has 0 spiro atoms. The second-order valence-corrected chi connectivity index (χ2v) is 19.5. The third kappa shape index (κ3) is 27.8. The Balaban J connectivity index is 0. The Kier molecular flexibility index (Phi) is 30.4. The summed E-state index contributed by atoms with van der Waals surface area (Å²) in [6.07, 6.45) is -12.1. The van der Waals surface area contributed by atoms with E-state index < -0.39 is 79.4 Å². The molecule has 0 N–H and O–H groups in total. The first kappa shape index (κ1) is 71.5. The first-order chi connectivity index (χ1) is 33.6. The average molecular weight is 1100 g/mol. The third-order valence-corrected chi connectivity index (χ3v) is 12.3. The minimum atomic E-state index is -5.81. The molecule has 0 heterocycles. The van der Waals surface area contributed by atoms with Crippen molar-refractivity contribution in [1.82, 2.24) is 0 Å². The molecule has 0 amide bonds. The van der Waals surface area contributed by atoms with E-state index >= 15 is 0 Å². The van der Waals surface area contributed by atoms with Gasteiger partial charge in [-0.25, -0.2) is 19.2 Å². The van der Waals surface area contributed by atoms with Crippen LogP contribution in [0.25, 0.3) is 0 Å². The lowest BCUT2D eigenvalue weighted by atomic mass is 9.83. The maximum absolute atomic E-state index is 12.3. The van der Waals surface area contributed by atoms with Crippen LogP contribution in [0.3, 0.4) is 0 Å². The molecule has 0 aromatic carbocycles. The number of hydrogen-bond acceptors (Lipinski definition) is 12. The number of alkyl halides is 12. The van der Waals surface area contributed by atoms with Crippen LogP contribution in [-0.2, 0) is 57.2 Å². The Hall–Kier alpha value is -4.54. The van der Waals surface area contributed by atoms with Gasteiger partial charge in [-0.1, -0.05) is 79.4 Å². The molecule has 2 aliphatic rings. The minimum Gasteiger partial charge on any atom is -0.459 e. The topological polar surface area (TPSA) is 158 Å². The zero-order chi connectivity index (χ0) is 58.2. The van der Waals surface area contributed by atoms with Crippen molar-refractivity contribution in [3.8, 4) is 0 Å². The van der Waals surface area contributed by atoms with Crippen molar-refractivity contribution >= 4 is 35.8 Å². The number of hydrogen-bond donors (Lipinski definition) is 0. The van der Waals surface area contributed by atoms with Crippen molar-refractivity contribution in [1.29, 1.82) is 0 Å². The summed E-state index contributed by atoms with van der Waals surface area (Å²) in [4.78, 5) is 67.8. The predicted molar refractivity (Wildman–Crippen MR) is 247 cm³/mol. The van der Waals surface area contributed by atoms with Gasteiger partial charge in [-0.3, -0.25) is 9.59 Å². The van der Waals surface area contributed by atoms with Crippen LogP contribution in [0.5, 0.6) is 0 Å². The largest absolute Gasteiger partial charge is 0.459 e. The van der Waals surface area contributed by atoms with Gasteiger partial charge in [0.1, 0.15) is 11.2 Å². The highest BCUT2D eigenvalue weighted by molar-refractivity contribution is 5.88. The van der Waals surface area contributed by atoms with Crippen molar-refractivity contribution in [2.24, 2.45) is 10.8 Å². The Labute approximate surface area is 426 Å². The van der Waals surface area contributed by atoms with Gasteiger partial charge < -0.3 is 28.4 Å². The highest BCUT2D eigenvalue weighted by atomic mass is 19.4. The van der Waals surface area contributed by atoms with E-state index in [2.05, 4.69) is 52.9 Å². The van der Waals surface area contributed by atoms with Crippen molar-refractivity contribution in [2.75, 3.05) is 13.2 Å². The van der Waals surface area contributed by atoms with Gasteiger partial charge in [-0.05, 0) is 119 Å². The average Bonchev–Trinajstić information content (AvgIpc) is 3.26. The Morgan fingerprint density at radius 2 is 0.730 bits per heavy atom. The third-order valence-electron chi connectivity index (χ3n) is 12.3. The molecule has 12 nitrogen and oxygen atoms in total. The van der Waals surface area contributed by atoms with Gasteiger partial charge in [-0.15, -0.1) is 0 Å². The predicted octanol–water partition coefficient (Wildman–Crippen LogP) is 14.0. The van der Waals surface area contributed by atoms with Gasteiger partial charge in [0.05, 0.1) is 10.8 Å². The van der Waals surface area contributed by atoms with Crippen LogP contribution in [0, 0.1) is 10.8 Å². The highest BCUT2D eigenvalue weighted by Gasteiger charge is 2.61. The molecule has 0 radical (unpaired) electrons. The lowest BCUT2D eigenvalue weighted by Crippen LogP contribution is -2.46. The van der Waals surface area contributed by atoms with Crippen LogP contribution in [0.15, 0.2) is 24.3 Å². The van der Waals surface area contributed by atoms with Crippen molar-refractivity contribution in [3.05, 3.63) is 24.3 Å². The number of rotatable bonds is 16. The van der Waals surface area contributed by atoms with E-state index in [0.29, 0.717) is 12.0 Å². The maximum Gasteiger partial charge on any atom is 0.434 e. The maximum atomic E-state index is 12.3. The fourth-order valence-corrected chi connectivity index (χ4v) is 6.60. The summed E-state index contributed by atoms with van der Waals surface area (Å²) in [5.41, 5.74) is -1.43. The lowest BCUT2D eigenvalue weighted by Gasteiger charge is -2.37. The van der Waals surface area contributed by atoms with E-state index in [1.165, 1.54) is 85.0 Å². The number of ether oxygens (including phenoxy) is 6. The molecule has 0 saturated heterocycles. The fourth-order valence-electron chi connectivity index (χ4n) is 6.60. The minimum absolute atomic E-state index is 0.00702. The lowest BCUT2D eigenvalue weighted by molar-refractivity contribution is -0.314. The molecule has 24 heteroatoms. The SMILES string of the molecule is C=C(C)C(=O)OC1(CC)CCCCCCC1.C=C(C)C(=O)OCC(=O)OC(C(F)(F)F)C(F)(F)F.CCC(C)(C)C(=O)OCC(=O)OC(C(F)(F)F)C(F)(F)F.CCC1(OC(=O)C(C)(C)CC)CCCCCCC1. The van der Waals surface area contributed by atoms with E-state index in [1.807, 2.05) is 13.8 Å². The quantitative estimate of drug-likeness (QED) is 0.0624. The number of esters is 6. The van der Waals surface area contributed by atoms with Crippen LogP contribution in [0.4, 0.5) is 52.7 Å². The van der Waals surface area contributed by atoms with E-state index in [4.69, 9.17) is 9.47 Å². The first-order valence-electron chi connectivity index (χ1n) is 24.4. The summed E-state index contributed by atoms with van der Waals surface area (Å²) < 4.78 is 171. The van der Waals surface area contributed by atoms with Crippen LogP contribution >= 0.6 is 0 Å². The van der Waals surface area contributed by atoms with E-state index in [9.17, 15) is 81.5 Å². The van der Waals surface area contributed by atoms with Gasteiger partial charge in [0.2, 0.25) is 0 Å². The van der Waals surface area contributed by atoms with Gasteiger partial charge >= 0.3 is 60.5 Å². The molecule has 0 aromatic rings. The molecule has 2 aliphatic carbocycles.